The van der Waals surface area contributed by atoms with Crippen LogP contribution in [0.2, 0.25) is 0 Å². The van der Waals surface area contributed by atoms with Gasteiger partial charge in [-0.15, -0.1) is 0 Å². The molecule has 0 atom stereocenters. The minimum atomic E-state index is 0.0348. The number of hydrogen-bond acceptors (Lipinski definition) is 3. The smallest absolute Gasteiger partial charge is 0.224 e. The Bertz CT molecular complexity index is 687. The summed E-state index contributed by atoms with van der Waals surface area (Å²) in [4.78, 5) is 12.4. The molecule has 23 heavy (non-hydrogen) atoms. The third-order valence-corrected chi connectivity index (χ3v) is 4.34. The first-order valence-electron chi connectivity index (χ1n) is 7.76. The molecule has 0 fully saturated rings. The molecule has 1 aliphatic rings. The summed E-state index contributed by atoms with van der Waals surface area (Å²) in [7, 11) is 3.22. The number of carbonyl (C=O) groups is 1. The van der Waals surface area contributed by atoms with E-state index in [1.54, 1.807) is 14.2 Å². The first-order chi connectivity index (χ1) is 11.2. The van der Waals surface area contributed by atoms with Gasteiger partial charge < -0.3 is 14.8 Å². The largest absolute Gasteiger partial charge is 0.493 e. The van der Waals surface area contributed by atoms with E-state index in [-0.39, 0.29) is 11.8 Å². The Labute approximate surface area is 136 Å². The summed E-state index contributed by atoms with van der Waals surface area (Å²) in [5.41, 5.74) is 3.57. The van der Waals surface area contributed by atoms with Crippen molar-refractivity contribution in [3.63, 3.8) is 0 Å². The number of nitrogens with one attached hydrogen (secondary N) is 1. The van der Waals surface area contributed by atoms with Gasteiger partial charge in [0.05, 0.1) is 14.2 Å². The molecule has 0 unspecified atom stereocenters. The van der Waals surface area contributed by atoms with Crippen LogP contribution in [0.5, 0.6) is 11.5 Å². The van der Waals surface area contributed by atoms with E-state index in [2.05, 4.69) is 17.4 Å². The second kappa shape index (κ2) is 6.73. The molecular weight excluding hydrogens is 290 g/mol. The Balaban J connectivity index is 1.60. The van der Waals surface area contributed by atoms with Crippen LogP contribution < -0.4 is 14.8 Å². The molecule has 1 aliphatic carbocycles. The Morgan fingerprint density at radius 1 is 1.04 bits per heavy atom. The fourth-order valence-corrected chi connectivity index (χ4v) is 3.07. The Kier molecular flexibility index (Phi) is 4.51. The van der Waals surface area contributed by atoms with E-state index in [1.807, 2.05) is 30.3 Å². The lowest BCUT2D eigenvalue weighted by molar-refractivity contribution is -0.124. The number of methoxy groups -OCH3 is 2. The van der Waals surface area contributed by atoms with Gasteiger partial charge in [0, 0.05) is 12.5 Å². The van der Waals surface area contributed by atoms with Crippen molar-refractivity contribution in [3.8, 4) is 11.5 Å². The van der Waals surface area contributed by atoms with Gasteiger partial charge in [-0.1, -0.05) is 30.3 Å². The summed E-state index contributed by atoms with van der Waals surface area (Å²) in [6.07, 6.45) is 1.65. The van der Waals surface area contributed by atoms with E-state index in [1.165, 1.54) is 11.1 Å². The molecule has 0 saturated carbocycles. The SMILES string of the molecule is COc1ccc(CNC(=O)C2Cc3ccccc3C2)cc1OC. The van der Waals surface area contributed by atoms with Crippen molar-refractivity contribution < 1.29 is 14.3 Å². The van der Waals surface area contributed by atoms with Crippen LogP contribution in [-0.4, -0.2) is 20.1 Å². The molecule has 0 spiro atoms. The van der Waals surface area contributed by atoms with Crippen LogP contribution in [-0.2, 0) is 24.2 Å². The maximum Gasteiger partial charge on any atom is 0.224 e. The van der Waals surface area contributed by atoms with E-state index in [4.69, 9.17) is 9.47 Å². The quantitative estimate of drug-likeness (QED) is 0.923. The molecule has 1 amide bonds. The van der Waals surface area contributed by atoms with Gasteiger partial charge >= 0.3 is 0 Å². The molecule has 120 valence electrons. The van der Waals surface area contributed by atoms with Gasteiger partial charge in [0.2, 0.25) is 5.91 Å². The lowest BCUT2D eigenvalue weighted by atomic mass is 10.1. The molecule has 1 N–H and O–H groups in total. The summed E-state index contributed by atoms with van der Waals surface area (Å²) in [6.45, 7) is 0.492. The van der Waals surface area contributed by atoms with Crippen LogP contribution in [0.1, 0.15) is 16.7 Å². The Morgan fingerprint density at radius 2 is 1.70 bits per heavy atom. The molecule has 0 heterocycles. The highest BCUT2D eigenvalue weighted by Gasteiger charge is 2.26. The minimum absolute atomic E-state index is 0.0348. The van der Waals surface area contributed by atoms with Crippen molar-refractivity contribution in [1.82, 2.24) is 5.32 Å². The summed E-state index contributed by atoms with van der Waals surface area (Å²) in [5.74, 6) is 1.50. The molecule has 0 aromatic heterocycles. The number of amides is 1. The second-order valence-electron chi connectivity index (χ2n) is 5.78. The maximum absolute atomic E-state index is 12.4. The van der Waals surface area contributed by atoms with E-state index < -0.39 is 0 Å². The van der Waals surface area contributed by atoms with E-state index >= 15 is 0 Å². The highest BCUT2D eigenvalue weighted by atomic mass is 16.5. The van der Waals surface area contributed by atoms with Gasteiger partial charge in [0.1, 0.15) is 0 Å². The summed E-state index contributed by atoms with van der Waals surface area (Å²) in [5, 5.41) is 3.03. The number of ether oxygens (including phenoxy) is 2. The fraction of sp³-hybridized carbons (Fsp3) is 0.316. The lowest BCUT2D eigenvalue weighted by Crippen LogP contribution is -2.30. The minimum Gasteiger partial charge on any atom is -0.493 e. The normalized spacial score (nSPS) is 13.5. The highest BCUT2D eigenvalue weighted by Crippen LogP contribution is 2.28. The fourth-order valence-electron chi connectivity index (χ4n) is 3.07. The predicted molar refractivity (Wildman–Crippen MR) is 88.7 cm³/mol. The van der Waals surface area contributed by atoms with Crippen LogP contribution in [0, 0.1) is 5.92 Å². The highest BCUT2D eigenvalue weighted by molar-refractivity contribution is 5.80. The molecule has 0 radical (unpaired) electrons. The molecule has 0 saturated heterocycles. The molecular formula is C19H21NO3. The second-order valence-corrected chi connectivity index (χ2v) is 5.78. The standard InChI is InChI=1S/C19H21NO3/c1-22-17-8-7-13(9-18(17)23-2)12-20-19(21)16-10-14-5-3-4-6-15(14)11-16/h3-9,16H,10-12H2,1-2H3,(H,20,21). The predicted octanol–water partition coefficient (Wildman–Crippen LogP) is 2.74. The van der Waals surface area contributed by atoms with Gasteiger partial charge in [-0.3, -0.25) is 4.79 Å². The molecule has 2 aromatic rings. The number of hydrogen-bond donors (Lipinski definition) is 1. The van der Waals surface area contributed by atoms with Crippen molar-refractivity contribution in [3.05, 3.63) is 59.2 Å². The summed E-state index contributed by atoms with van der Waals surface area (Å²) in [6, 6.07) is 14.0. The third-order valence-electron chi connectivity index (χ3n) is 4.34. The zero-order valence-electron chi connectivity index (χ0n) is 13.5. The zero-order chi connectivity index (χ0) is 16.2. The molecule has 0 aliphatic heterocycles. The van der Waals surface area contributed by atoms with Gasteiger partial charge in [-0.05, 0) is 41.7 Å². The molecule has 0 bridgehead atoms. The molecule has 4 nitrogen and oxygen atoms in total. The number of benzene rings is 2. The van der Waals surface area contributed by atoms with Crippen molar-refractivity contribution in [1.29, 1.82) is 0 Å². The maximum atomic E-state index is 12.4. The van der Waals surface area contributed by atoms with E-state index in [9.17, 15) is 4.79 Å². The average molecular weight is 311 g/mol. The monoisotopic (exact) mass is 311 g/mol. The van der Waals surface area contributed by atoms with Crippen LogP contribution in [0.15, 0.2) is 42.5 Å². The first kappa shape index (κ1) is 15.4. The van der Waals surface area contributed by atoms with E-state index in [0.29, 0.717) is 18.0 Å². The zero-order valence-corrected chi connectivity index (χ0v) is 13.5. The molecule has 3 rings (SSSR count). The van der Waals surface area contributed by atoms with Crippen LogP contribution in [0.3, 0.4) is 0 Å². The van der Waals surface area contributed by atoms with Gasteiger partial charge in [0.25, 0.3) is 0 Å². The number of rotatable bonds is 5. The van der Waals surface area contributed by atoms with Gasteiger partial charge in [-0.25, -0.2) is 0 Å². The van der Waals surface area contributed by atoms with Crippen molar-refractivity contribution in [2.24, 2.45) is 5.92 Å². The van der Waals surface area contributed by atoms with Crippen molar-refractivity contribution in [2.75, 3.05) is 14.2 Å². The topological polar surface area (TPSA) is 47.6 Å². The Hall–Kier alpha value is -2.49. The Morgan fingerprint density at radius 3 is 2.30 bits per heavy atom. The lowest BCUT2D eigenvalue weighted by Gasteiger charge is -2.12. The van der Waals surface area contributed by atoms with Crippen LogP contribution >= 0.6 is 0 Å². The summed E-state index contributed by atoms with van der Waals surface area (Å²) >= 11 is 0. The molecule has 4 heteroatoms. The number of fused-ring (bicyclic) bond motifs is 1. The van der Waals surface area contributed by atoms with Gasteiger partial charge in [0.15, 0.2) is 11.5 Å². The van der Waals surface area contributed by atoms with Crippen LogP contribution in [0.4, 0.5) is 0 Å². The van der Waals surface area contributed by atoms with Gasteiger partial charge in [-0.2, -0.15) is 0 Å². The summed E-state index contributed by atoms with van der Waals surface area (Å²) < 4.78 is 10.5. The first-order valence-corrected chi connectivity index (χ1v) is 7.76. The average Bonchev–Trinajstić information content (AvgIpc) is 3.03. The van der Waals surface area contributed by atoms with E-state index in [0.717, 1.165) is 18.4 Å². The van der Waals surface area contributed by atoms with Crippen molar-refractivity contribution in [2.45, 2.75) is 19.4 Å². The molecule has 2 aromatic carbocycles. The third kappa shape index (κ3) is 3.31. The number of carbonyl (C=O) groups excluding carboxylic acids is 1. The van der Waals surface area contributed by atoms with Crippen molar-refractivity contribution >= 4 is 5.91 Å². The van der Waals surface area contributed by atoms with Crippen LogP contribution in [0.25, 0.3) is 0 Å².